The molecule has 1 heterocycles. The number of likely N-dealkylation sites (N-methyl/N-ethyl adjacent to an activating group) is 1. The summed E-state index contributed by atoms with van der Waals surface area (Å²) in [6, 6.07) is 7.68. The summed E-state index contributed by atoms with van der Waals surface area (Å²) in [5, 5.41) is 12.3. The molecule has 3 rings (SSSR count). The number of hydrogen-bond donors (Lipinski definition) is 1. The molecular weight excluding hydrogens is 240 g/mol. The maximum atomic E-state index is 12.3. The van der Waals surface area contributed by atoms with Crippen LogP contribution in [0.1, 0.15) is 19.8 Å². The Morgan fingerprint density at radius 2 is 2.21 bits per heavy atom. The number of hydrogen-bond acceptors (Lipinski definition) is 4. The van der Waals surface area contributed by atoms with E-state index in [4.69, 9.17) is 0 Å². The lowest BCUT2D eigenvalue weighted by molar-refractivity contribution is 0.380. The second kappa shape index (κ2) is 5.09. The fraction of sp³-hybridized carbons (Fsp3) is 0.500. The topological polar surface area (TPSA) is 59.8 Å². The summed E-state index contributed by atoms with van der Waals surface area (Å²) in [6.45, 7) is 3.61. The van der Waals surface area contributed by atoms with Crippen LogP contribution in [-0.2, 0) is 6.54 Å². The standard InChI is InChI=1S/C14H18N4O/c1-2-15-13(10-7-8-10)9-18-14(19)11-5-3-4-6-12(11)16-17-18/h3-6,10,13,15H,2,7-9H2,1H3. The first-order chi connectivity index (χ1) is 9.29. The molecule has 19 heavy (non-hydrogen) atoms. The highest BCUT2D eigenvalue weighted by Gasteiger charge is 2.31. The lowest BCUT2D eigenvalue weighted by Gasteiger charge is -2.17. The van der Waals surface area contributed by atoms with Crippen LogP contribution in [0.2, 0.25) is 0 Å². The molecule has 1 aliphatic rings. The Bertz CT molecular complexity index is 633. The highest BCUT2D eigenvalue weighted by Crippen LogP contribution is 2.33. The van der Waals surface area contributed by atoms with E-state index in [0.717, 1.165) is 6.54 Å². The van der Waals surface area contributed by atoms with Gasteiger partial charge in [-0.3, -0.25) is 4.79 Å². The Labute approximate surface area is 111 Å². The van der Waals surface area contributed by atoms with Crippen molar-refractivity contribution in [3.63, 3.8) is 0 Å². The number of nitrogens with one attached hydrogen (secondary N) is 1. The molecule has 1 fully saturated rings. The zero-order chi connectivity index (χ0) is 13.2. The molecule has 100 valence electrons. The van der Waals surface area contributed by atoms with E-state index >= 15 is 0 Å². The van der Waals surface area contributed by atoms with Crippen molar-refractivity contribution in [1.29, 1.82) is 0 Å². The van der Waals surface area contributed by atoms with E-state index in [9.17, 15) is 4.79 Å². The molecule has 0 saturated heterocycles. The average Bonchev–Trinajstić information content (AvgIpc) is 3.26. The molecule has 1 saturated carbocycles. The quantitative estimate of drug-likeness (QED) is 0.875. The van der Waals surface area contributed by atoms with Crippen LogP contribution in [-0.4, -0.2) is 27.6 Å². The van der Waals surface area contributed by atoms with E-state index in [1.54, 1.807) is 0 Å². The molecule has 1 aromatic carbocycles. The largest absolute Gasteiger partial charge is 0.312 e. The first-order valence-electron chi connectivity index (χ1n) is 6.85. The van der Waals surface area contributed by atoms with E-state index in [1.165, 1.54) is 17.5 Å². The summed E-state index contributed by atoms with van der Waals surface area (Å²) in [5.41, 5.74) is 0.615. The molecular formula is C14H18N4O. The molecule has 0 aliphatic heterocycles. The van der Waals surface area contributed by atoms with E-state index < -0.39 is 0 Å². The molecule has 0 spiro atoms. The van der Waals surface area contributed by atoms with E-state index in [2.05, 4.69) is 22.6 Å². The Kier molecular flexibility index (Phi) is 3.29. The van der Waals surface area contributed by atoms with Crippen LogP contribution in [0, 0.1) is 5.92 Å². The van der Waals surface area contributed by atoms with Crippen molar-refractivity contribution in [3.05, 3.63) is 34.6 Å². The molecule has 0 bridgehead atoms. The van der Waals surface area contributed by atoms with Gasteiger partial charge in [-0.15, -0.1) is 5.10 Å². The Morgan fingerprint density at radius 3 is 2.95 bits per heavy atom. The minimum Gasteiger partial charge on any atom is -0.312 e. The van der Waals surface area contributed by atoms with Crippen LogP contribution in [0.4, 0.5) is 0 Å². The molecule has 1 aliphatic carbocycles. The zero-order valence-electron chi connectivity index (χ0n) is 11.0. The van der Waals surface area contributed by atoms with Gasteiger partial charge in [0.1, 0.15) is 5.52 Å². The Hall–Kier alpha value is -1.75. The summed E-state index contributed by atoms with van der Waals surface area (Å²) in [4.78, 5) is 12.3. The molecule has 5 heteroatoms. The van der Waals surface area contributed by atoms with Crippen molar-refractivity contribution >= 4 is 10.9 Å². The third-order valence-corrected chi connectivity index (χ3v) is 3.66. The van der Waals surface area contributed by atoms with Crippen LogP contribution in [0.15, 0.2) is 29.1 Å². The first kappa shape index (κ1) is 12.3. The fourth-order valence-electron chi connectivity index (χ4n) is 2.47. The molecule has 2 aromatic rings. The highest BCUT2D eigenvalue weighted by molar-refractivity contribution is 5.76. The smallest absolute Gasteiger partial charge is 0.277 e. The van der Waals surface area contributed by atoms with Gasteiger partial charge in [-0.2, -0.15) is 0 Å². The van der Waals surface area contributed by atoms with Gasteiger partial charge in [-0.1, -0.05) is 24.3 Å². The predicted molar refractivity (Wildman–Crippen MR) is 74.0 cm³/mol. The van der Waals surface area contributed by atoms with Gasteiger partial charge in [0, 0.05) is 6.04 Å². The van der Waals surface area contributed by atoms with Crippen molar-refractivity contribution in [1.82, 2.24) is 20.3 Å². The Balaban J connectivity index is 1.92. The summed E-state index contributed by atoms with van der Waals surface area (Å²) < 4.78 is 1.49. The van der Waals surface area contributed by atoms with Gasteiger partial charge in [-0.25, -0.2) is 4.68 Å². The molecule has 0 amide bonds. The zero-order valence-corrected chi connectivity index (χ0v) is 11.0. The highest BCUT2D eigenvalue weighted by atomic mass is 16.1. The summed E-state index contributed by atoms with van der Waals surface area (Å²) >= 11 is 0. The number of aromatic nitrogens is 3. The lowest BCUT2D eigenvalue weighted by Crippen LogP contribution is -2.39. The molecule has 1 aromatic heterocycles. The van der Waals surface area contributed by atoms with Crippen molar-refractivity contribution in [3.8, 4) is 0 Å². The van der Waals surface area contributed by atoms with Gasteiger partial charge in [-0.05, 0) is 37.4 Å². The number of fused-ring (bicyclic) bond motifs is 1. The van der Waals surface area contributed by atoms with E-state index in [1.807, 2.05) is 24.3 Å². The van der Waals surface area contributed by atoms with Crippen LogP contribution in [0.5, 0.6) is 0 Å². The van der Waals surface area contributed by atoms with Crippen LogP contribution in [0.25, 0.3) is 10.9 Å². The number of nitrogens with zero attached hydrogens (tertiary/aromatic N) is 3. The number of rotatable bonds is 5. The van der Waals surface area contributed by atoms with Crippen LogP contribution < -0.4 is 10.9 Å². The third-order valence-electron chi connectivity index (χ3n) is 3.66. The third kappa shape index (κ3) is 2.51. The lowest BCUT2D eigenvalue weighted by atomic mass is 10.2. The van der Waals surface area contributed by atoms with Gasteiger partial charge >= 0.3 is 0 Å². The van der Waals surface area contributed by atoms with Crippen molar-refractivity contribution < 1.29 is 0 Å². The second-order valence-corrected chi connectivity index (χ2v) is 5.10. The van der Waals surface area contributed by atoms with Crippen molar-refractivity contribution in [2.75, 3.05) is 6.54 Å². The maximum absolute atomic E-state index is 12.3. The summed E-state index contributed by atoms with van der Waals surface area (Å²) in [7, 11) is 0. The molecule has 1 N–H and O–H groups in total. The fourth-order valence-corrected chi connectivity index (χ4v) is 2.47. The predicted octanol–water partition coefficient (Wildman–Crippen LogP) is 1.18. The maximum Gasteiger partial charge on any atom is 0.277 e. The van der Waals surface area contributed by atoms with Gasteiger partial charge in [0.05, 0.1) is 11.9 Å². The average molecular weight is 258 g/mol. The van der Waals surface area contributed by atoms with Crippen LogP contribution >= 0.6 is 0 Å². The summed E-state index contributed by atoms with van der Waals surface area (Å²) in [6.07, 6.45) is 2.49. The Morgan fingerprint density at radius 1 is 1.42 bits per heavy atom. The summed E-state index contributed by atoms with van der Waals surface area (Å²) in [5.74, 6) is 0.681. The van der Waals surface area contributed by atoms with Crippen LogP contribution in [0.3, 0.4) is 0 Å². The molecule has 1 atom stereocenters. The first-order valence-corrected chi connectivity index (χ1v) is 6.85. The minimum absolute atomic E-state index is 0.0471. The van der Waals surface area contributed by atoms with Gasteiger partial charge in [0.25, 0.3) is 5.56 Å². The molecule has 0 radical (unpaired) electrons. The van der Waals surface area contributed by atoms with Gasteiger partial charge in [0.2, 0.25) is 0 Å². The van der Waals surface area contributed by atoms with Gasteiger partial charge < -0.3 is 5.32 Å². The van der Waals surface area contributed by atoms with E-state index in [0.29, 0.717) is 29.4 Å². The molecule has 1 unspecified atom stereocenters. The molecule has 5 nitrogen and oxygen atoms in total. The number of benzene rings is 1. The normalized spacial score (nSPS) is 16.7. The van der Waals surface area contributed by atoms with Gasteiger partial charge in [0.15, 0.2) is 0 Å². The van der Waals surface area contributed by atoms with Crippen molar-refractivity contribution in [2.24, 2.45) is 5.92 Å². The van der Waals surface area contributed by atoms with E-state index in [-0.39, 0.29) is 5.56 Å². The second-order valence-electron chi connectivity index (χ2n) is 5.10. The van der Waals surface area contributed by atoms with Crippen molar-refractivity contribution in [2.45, 2.75) is 32.4 Å². The minimum atomic E-state index is -0.0471. The monoisotopic (exact) mass is 258 g/mol. The SMILES string of the molecule is CCNC(Cn1nnc2ccccc2c1=O)C1CC1.